The Morgan fingerprint density at radius 3 is 2.77 bits per heavy atom. The number of fused-ring (bicyclic) bond motifs is 1. The van der Waals surface area contributed by atoms with Crippen molar-refractivity contribution in [1.29, 1.82) is 0 Å². The second-order valence-electron chi connectivity index (χ2n) is 6.00. The van der Waals surface area contributed by atoms with Crippen LogP contribution in [0.3, 0.4) is 0 Å². The van der Waals surface area contributed by atoms with E-state index in [2.05, 4.69) is 9.71 Å². The van der Waals surface area contributed by atoms with Crippen LogP contribution < -0.4 is 9.46 Å². The first-order valence-electron chi connectivity index (χ1n) is 7.69. The molecule has 1 heterocycles. The lowest BCUT2D eigenvalue weighted by atomic mass is 10.1. The van der Waals surface area contributed by atoms with Crippen LogP contribution in [0.2, 0.25) is 0 Å². The molecule has 5 nitrogen and oxygen atoms in total. The third-order valence-corrected chi connectivity index (χ3v) is 5.79. The van der Waals surface area contributed by atoms with Gasteiger partial charge in [0.1, 0.15) is 5.75 Å². The lowest BCUT2D eigenvalue weighted by Crippen LogP contribution is -2.28. The number of aromatic amines is 1. The van der Waals surface area contributed by atoms with Crippen LogP contribution in [0.1, 0.15) is 31.4 Å². The molecule has 2 aromatic rings. The van der Waals surface area contributed by atoms with Gasteiger partial charge in [0.15, 0.2) is 0 Å². The maximum absolute atomic E-state index is 12.1. The standard InChI is InChI=1S/C16H22N2O3S/c1-21-15-6-7-16-13(9-15)8-14(18-16)10-17-22(19,20)11-12-4-2-3-5-12/h6-9,12,17-18H,2-5,10-11H2,1H3. The summed E-state index contributed by atoms with van der Waals surface area (Å²) >= 11 is 0. The second-order valence-corrected chi connectivity index (χ2v) is 7.85. The highest BCUT2D eigenvalue weighted by Gasteiger charge is 2.22. The van der Waals surface area contributed by atoms with Gasteiger partial charge in [-0.25, -0.2) is 13.1 Å². The summed E-state index contributed by atoms with van der Waals surface area (Å²) in [6.07, 6.45) is 4.38. The lowest BCUT2D eigenvalue weighted by molar-refractivity contribution is 0.415. The van der Waals surface area contributed by atoms with Crippen LogP contribution in [-0.4, -0.2) is 26.3 Å². The van der Waals surface area contributed by atoms with E-state index in [4.69, 9.17) is 4.74 Å². The summed E-state index contributed by atoms with van der Waals surface area (Å²) < 4.78 is 32.2. The molecular formula is C16H22N2O3S. The zero-order chi connectivity index (χ0) is 15.6. The van der Waals surface area contributed by atoms with Gasteiger partial charge in [-0.1, -0.05) is 12.8 Å². The fourth-order valence-corrected chi connectivity index (χ4v) is 4.57. The van der Waals surface area contributed by atoms with Gasteiger partial charge in [0, 0.05) is 16.6 Å². The summed E-state index contributed by atoms with van der Waals surface area (Å²) in [5.41, 5.74) is 1.84. The highest BCUT2D eigenvalue weighted by molar-refractivity contribution is 7.89. The number of H-pyrrole nitrogens is 1. The number of aromatic nitrogens is 1. The van der Waals surface area contributed by atoms with E-state index in [0.29, 0.717) is 12.5 Å². The smallest absolute Gasteiger partial charge is 0.212 e. The molecule has 1 aromatic carbocycles. The third kappa shape index (κ3) is 3.62. The topological polar surface area (TPSA) is 71.2 Å². The summed E-state index contributed by atoms with van der Waals surface area (Å²) in [5, 5.41) is 1.02. The Morgan fingerprint density at radius 2 is 2.05 bits per heavy atom. The van der Waals surface area contributed by atoms with E-state index in [1.165, 1.54) is 0 Å². The molecule has 0 aliphatic heterocycles. The molecule has 0 saturated heterocycles. The quantitative estimate of drug-likeness (QED) is 0.859. The lowest BCUT2D eigenvalue weighted by Gasteiger charge is -2.10. The SMILES string of the molecule is COc1ccc2[nH]c(CNS(=O)(=O)CC3CCCC3)cc2c1. The van der Waals surface area contributed by atoms with Crippen LogP contribution in [0.4, 0.5) is 0 Å². The van der Waals surface area contributed by atoms with Crippen molar-refractivity contribution in [3.8, 4) is 5.75 Å². The summed E-state index contributed by atoms with van der Waals surface area (Å²) in [7, 11) is -1.58. The summed E-state index contributed by atoms with van der Waals surface area (Å²) in [5.74, 6) is 1.37. The molecule has 1 saturated carbocycles. The molecule has 0 radical (unpaired) electrons. The molecule has 120 valence electrons. The Kier molecular flexibility index (Phi) is 4.40. The molecule has 0 unspecified atom stereocenters. The van der Waals surface area contributed by atoms with E-state index in [0.717, 1.165) is 48.0 Å². The molecule has 1 fully saturated rings. The number of hydrogen-bond acceptors (Lipinski definition) is 3. The molecular weight excluding hydrogens is 300 g/mol. The molecule has 1 aliphatic carbocycles. The molecule has 2 N–H and O–H groups in total. The summed E-state index contributed by atoms with van der Waals surface area (Å²) in [6.45, 7) is 0.298. The Balaban J connectivity index is 1.65. The molecule has 0 atom stereocenters. The van der Waals surface area contributed by atoms with Crippen molar-refractivity contribution in [1.82, 2.24) is 9.71 Å². The number of benzene rings is 1. The third-order valence-electron chi connectivity index (χ3n) is 4.30. The minimum absolute atomic E-state index is 0.251. The number of sulfonamides is 1. The maximum Gasteiger partial charge on any atom is 0.212 e. The normalized spacial score (nSPS) is 16.4. The average molecular weight is 322 g/mol. The number of methoxy groups -OCH3 is 1. The van der Waals surface area contributed by atoms with Crippen molar-refractivity contribution in [2.45, 2.75) is 32.2 Å². The van der Waals surface area contributed by atoms with Gasteiger partial charge in [-0.3, -0.25) is 0 Å². The first-order chi connectivity index (χ1) is 10.6. The van der Waals surface area contributed by atoms with E-state index in [1.807, 2.05) is 24.3 Å². The van der Waals surface area contributed by atoms with Crippen LogP contribution in [0, 0.1) is 5.92 Å². The van der Waals surface area contributed by atoms with Gasteiger partial charge < -0.3 is 9.72 Å². The van der Waals surface area contributed by atoms with Crippen LogP contribution >= 0.6 is 0 Å². The van der Waals surface area contributed by atoms with Gasteiger partial charge in [0.2, 0.25) is 10.0 Å². The van der Waals surface area contributed by atoms with Crippen LogP contribution in [0.25, 0.3) is 10.9 Å². The van der Waals surface area contributed by atoms with E-state index < -0.39 is 10.0 Å². The number of ether oxygens (including phenoxy) is 1. The minimum Gasteiger partial charge on any atom is -0.497 e. The highest BCUT2D eigenvalue weighted by atomic mass is 32.2. The van der Waals surface area contributed by atoms with Gasteiger partial charge in [-0.05, 0) is 43.0 Å². The van der Waals surface area contributed by atoms with Crippen molar-refractivity contribution in [2.75, 3.05) is 12.9 Å². The Bertz CT molecular complexity index is 746. The minimum atomic E-state index is -3.21. The largest absolute Gasteiger partial charge is 0.497 e. The molecule has 0 amide bonds. The molecule has 3 rings (SSSR count). The molecule has 22 heavy (non-hydrogen) atoms. The molecule has 1 aliphatic rings. The van der Waals surface area contributed by atoms with Gasteiger partial charge in [0.05, 0.1) is 19.4 Å². The van der Waals surface area contributed by atoms with Gasteiger partial charge in [-0.15, -0.1) is 0 Å². The van der Waals surface area contributed by atoms with Gasteiger partial charge in [-0.2, -0.15) is 0 Å². The first-order valence-corrected chi connectivity index (χ1v) is 9.34. The zero-order valence-electron chi connectivity index (χ0n) is 12.8. The van der Waals surface area contributed by atoms with Crippen LogP contribution in [-0.2, 0) is 16.6 Å². The van der Waals surface area contributed by atoms with Crippen molar-refractivity contribution in [2.24, 2.45) is 5.92 Å². The second kappa shape index (κ2) is 6.30. The first kappa shape index (κ1) is 15.4. The number of hydrogen-bond donors (Lipinski definition) is 2. The maximum atomic E-state index is 12.1. The van der Waals surface area contributed by atoms with E-state index in [9.17, 15) is 8.42 Å². The van der Waals surface area contributed by atoms with Gasteiger partial charge in [0.25, 0.3) is 0 Å². The van der Waals surface area contributed by atoms with Crippen LogP contribution in [0.5, 0.6) is 5.75 Å². The Morgan fingerprint density at radius 1 is 1.27 bits per heavy atom. The number of rotatable bonds is 6. The highest BCUT2D eigenvalue weighted by Crippen LogP contribution is 2.26. The van der Waals surface area contributed by atoms with Crippen LogP contribution in [0.15, 0.2) is 24.3 Å². The predicted molar refractivity (Wildman–Crippen MR) is 87.4 cm³/mol. The molecule has 6 heteroatoms. The van der Waals surface area contributed by atoms with Gasteiger partial charge >= 0.3 is 0 Å². The predicted octanol–water partition coefficient (Wildman–Crippen LogP) is 2.79. The van der Waals surface area contributed by atoms with E-state index >= 15 is 0 Å². The van der Waals surface area contributed by atoms with Crippen molar-refractivity contribution in [3.63, 3.8) is 0 Å². The average Bonchev–Trinajstić information content (AvgIpc) is 3.12. The van der Waals surface area contributed by atoms with Crippen molar-refractivity contribution < 1.29 is 13.2 Å². The fraction of sp³-hybridized carbons (Fsp3) is 0.500. The van der Waals surface area contributed by atoms with E-state index in [-0.39, 0.29) is 5.75 Å². The molecule has 0 bridgehead atoms. The molecule has 1 aromatic heterocycles. The summed E-state index contributed by atoms with van der Waals surface area (Å²) in [4.78, 5) is 3.23. The monoisotopic (exact) mass is 322 g/mol. The van der Waals surface area contributed by atoms with E-state index in [1.54, 1.807) is 7.11 Å². The molecule has 0 spiro atoms. The van der Waals surface area contributed by atoms with Crippen molar-refractivity contribution >= 4 is 20.9 Å². The zero-order valence-corrected chi connectivity index (χ0v) is 13.6. The summed E-state index contributed by atoms with van der Waals surface area (Å²) in [6, 6.07) is 7.70. The Labute approximate surface area is 131 Å². The number of nitrogens with one attached hydrogen (secondary N) is 2. The fourth-order valence-electron chi connectivity index (χ4n) is 3.13. The Hall–Kier alpha value is -1.53. The van der Waals surface area contributed by atoms with Crippen molar-refractivity contribution in [3.05, 3.63) is 30.0 Å².